The van der Waals surface area contributed by atoms with E-state index in [-0.39, 0.29) is 17.0 Å². The van der Waals surface area contributed by atoms with Crippen molar-refractivity contribution in [1.82, 2.24) is 9.55 Å². The number of hydrogen-bond acceptors (Lipinski definition) is 2. The fraction of sp³-hybridized carbons (Fsp3) is 0.231. The van der Waals surface area contributed by atoms with Gasteiger partial charge < -0.3 is 9.88 Å². The fourth-order valence-electron chi connectivity index (χ4n) is 1.69. The Morgan fingerprint density at radius 1 is 1.58 bits per heavy atom. The van der Waals surface area contributed by atoms with Crippen LogP contribution in [0, 0.1) is 5.82 Å². The van der Waals surface area contributed by atoms with Crippen molar-refractivity contribution in [3.05, 3.63) is 47.8 Å². The average Bonchev–Trinajstić information content (AvgIpc) is 2.87. The van der Waals surface area contributed by atoms with Crippen LogP contribution in [0.5, 0.6) is 0 Å². The van der Waals surface area contributed by atoms with Crippen molar-refractivity contribution in [3.8, 4) is 0 Å². The number of carbonyl (C=O) groups is 1. The summed E-state index contributed by atoms with van der Waals surface area (Å²) in [5, 5.41) is 2.67. The second kappa shape index (κ2) is 5.84. The van der Waals surface area contributed by atoms with Crippen molar-refractivity contribution < 1.29 is 9.18 Å². The van der Waals surface area contributed by atoms with Crippen LogP contribution in [-0.4, -0.2) is 15.5 Å². The summed E-state index contributed by atoms with van der Waals surface area (Å²) in [4.78, 5) is 15.8. The first-order chi connectivity index (χ1) is 9.06. The van der Waals surface area contributed by atoms with E-state index in [2.05, 4.69) is 10.3 Å². The molecule has 100 valence electrons. The third-order valence-electron chi connectivity index (χ3n) is 2.72. The minimum atomic E-state index is -0.508. The number of nitrogens with zero attached hydrogens (tertiary/aromatic N) is 2. The minimum absolute atomic E-state index is 0.00146. The van der Waals surface area contributed by atoms with E-state index in [0.29, 0.717) is 12.1 Å². The molecule has 2 aromatic rings. The van der Waals surface area contributed by atoms with Crippen LogP contribution in [0.15, 0.2) is 36.9 Å². The molecule has 0 fully saturated rings. The molecule has 1 heterocycles. The molecule has 0 saturated heterocycles. The number of amides is 1. The van der Waals surface area contributed by atoms with Gasteiger partial charge in [0.05, 0.1) is 11.3 Å². The quantitative estimate of drug-likeness (QED) is 0.935. The van der Waals surface area contributed by atoms with Gasteiger partial charge in [-0.2, -0.15) is 0 Å². The molecule has 0 aliphatic carbocycles. The largest absolute Gasteiger partial charge is 0.334 e. The lowest BCUT2D eigenvalue weighted by molar-refractivity contribution is -0.116. The van der Waals surface area contributed by atoms with Gasteiger partial charge in [0, 0.05) is 30.5 Å². The molecule has 1 aromatic heterocycles. The van der Waals surface area contributed by atoms with Crippen molar-refractivity contribution in [1.29, 1.82) is 0 Å². The molecule has 2 rings (SSSR count). The van der Waals surface area contributed by atoms with Crippen molar-refractivity contribution in [2.45, 2.75) is 19.4 Å². The summed E-state index contributed by atoms with van der Waals surface area (Å²) in [5.74, 6) is -0.671. The number of nitrogens with one attached hydrogen (secondary N) is 1. The molecule has 0 aliphatic heterocycles. The molecule has 0 saturated carbocycles. The molecule has 19 heavy (non-hydrogen) atoms. The predicted molar refractivity (Wildman–Crippen MR) is 71.6 cm³/mol. The standard InChI is InChI=1S/C13H13ClFN3O/c1-9(18-5-4-16-8-18)6-13(19)17-10-2-3-12(15)11(14)7-10/h2-5,7-9H,6H2,1H3,(H,17,19)/t9-/m1/s1. The Labute approximate surface area is 115 Å². The summed E-state index contributed by atoms with van der Waals surface area (Å²) in [6, 6.07) is 4.08. The summed E-state index contributed by atoms with van der Waals surface area (Å²) in [5.41, 5.74) is 0.481. The average molecular weight is 282 g/mol. The molecular formula is C13H13ClFN3O. The van der Waals surface area contributed by atoms with Crippen LogP contribution in [-0.2, 0) is 4.79 Å². The van der Waals surface area contributed by atoms with E-state index in [4.69, 9.17) is 11.6 Å². The molecule has 0 radical (unpaired) electrons. The Bertz CT molecular complexity index is 571. The zero-order valence-electron chi connectivity index (χ0n) is 10.3. The van der Waals surface area contributed by atoms with Crippen LogP contribution >= 0.6 is 11.6 Å². The predicted octanol–water partition coefficient (Wildman–Crippen LogP) is 3.27. The molecule has 0 bridgehead atoms. The third kappa shape index (κ3) is 3.54. The Balaban J connectivity index is 1.95. The molecular weight excluding hydrogens is 269 g/mol. The highest BCUT2D eigenvalue weighted by Gasteiger charge is 2.11. The normalized spacial score (nSPS) is 12.2. The molecule has 1 aromatic carbocycles. The summed E-state index contributed by atoms with van der Waals surface area (Å²) in [7, 11) is 0. The van der Waals surface area contributed by atoms with E-state index in [0.717, 1.165) is 0 Å². The lowest BCUT2D eigenvalue weighted by Gasteiger charge is -2.13. The van der Waals surface area contributed by atoms with Crippen LogP contribution in [0.25, 0.3) is 0 Å². The van der Waals surface area contributed by atoms with E-state index in [1.54, 1.807) is 18.7 Å². The molecule has 4 nitrogen and oxygen atoms in total. The number of anilines is 1. The number of hydrogen-bond donors (Lipinski definition) is 1. The number of benzene rings is 1. The second-order valence-corrected chi connectivity index (χ2v) is 4.65. The van der Waals surface area contributed by atoms with Gasteiger partial charge in [-0.25, -0.2) is 9.37 Å². The number of halogens is 2. The molecule has 0 spiro atoms. The van der Waals surface area contributed by atoms with Crippen LogP contribution in [0.3, 0.4) is 0 Å². The highest BCUT2D eigenvalue weighted by Crippen LogP contribution is 2.20. The van der Waals surface area contributed by atoms with Crippen molar-refractivity contribution >= 4 is 23.2 Å². The van der Waals surface area contributed by atoms with Crippen LogP contribution in [0.1, 0.15) is 19.4 Å². The number of rotatable bonds is 4. The number of aromatic nitrogens is 2. The van der Waals surface area contributed by atoms with Gasteiger partial charge in [0.25, 0.3) is 0 Å². The first kappa shape index (κ1) is 13.5. The highest BCUT2D eigenvalue weighted by molar-refractivity contribution is 6.31. The maximum absolute atomic E-state index is 13.0. The summed E-state index contributed by atoms with van der Waals surface area (Å²) in [6.45, 7) is 1.92. The van der Waals surface area contributed by atoms with Gasteiger partial charge >= 0.3 is 0 Å². The molecule has 1 amide bonds. The topological polar surface area (TPSA) is 46.9 Å². The lowest BCUT2D eigenvalue weighted by Crippen LogP contribution is -2.17. The zero-order chi connectivity index (χ0) is 13.8. The van der Waals surface area contributed by atoms with E-state index in [9.17, 15) is 9.18 Å². The van der Waals surface area contributed by atoms with Gasteiger partial charge in [-0.15, -0.1) is 0 Å². The Morgan fingerprint density at radius 3 is 3.00 bits per heavy atom. The van der Waals surface area contributed by atoms with Crippen LogP contribution < -0.4 is 5.32 Å². The molecule has 1 atom stereocenters. The Morgan fingerprint density at radius 2 is 2.37 bits per heavy atom. The molecule has 0 aliphatic rings. The maximum atomic E-state index is 13.0. The van der Waals surface area contributed by atoms with Gasteiger partial charge in [0.1, 0.15) is 5.82 Å². The first-order valence-corrected chi connectivity index (χ1v) is 6.16. The monoisotopic (exact) mass is 281 g/mol. The van der Waals surface area contributed by atoms with E-state index in [1.165, 1.54) is 18.2 Å². The Kier molecular flexibility index (Phi) is 4.16. The fourth-order valence-corrected chi connectivity index (χ4v) is 1.87. The summed E-state index contributed by atoms with van der Waals surface area (Å²) < 4.78 is 14.8. The van der Waals surface area contributed by atoms with Gasteiger partial charge in [0.15, 0.2) is 0 Å². The smallest absolute Gasteiger partial charge is 0.226 e. The van der Waals surface area contributed by atoms with Crippen LogP contribution in [0.2, 0.25) is 5.02 Å². The van der Waals surface area contributed by atoms with Crippen LogP contribution in [0.4, 0.5) is 10.1 Å². The van der Waals surface area contributed by atoms with Gasteiger partial charge in [-0.1, -0.05) is 11.6 Å². The van der Waals surface area contributed by atoms with Gasteiger partial charge in [-0.05, 0) is 25.1 Å². The molecule has 6 heteroatoms. The summed E-state index contributed by atoms with van der Waals surface area (Å²) in [6.07, 6.45) is 5.42. The molecule has 1 N–H and O–H groups in total. The van der Waals surface area contributed by atoms with Crippen molar-refractivity contribution in [2.24, 2.45) is 0 Å². The number of carbonyl (C=O) groups excluding carboxylic acids is 1. The zero-order valence-corrected chi connectivity index (χ0v) is 11.1. The van der Waals surface area contributed by atoms with E-state index < -0.39 is 5.82 Å². The van der Waals surface area contributed by atoms with E-state index >= 15 is 0 Å². The van der Waals surface area contributed by atoms with Crippen molar-refractivity contribution in [3.63, 3.8) is 0 Å². The van der Waals surface area contributed by atoms with Crippen molar-refractivity contribution in [2.75, 3.05) is 5.32 Å². The van der Waals surface area contributed by atoms with Gasteiger partial charge in [0.2, 0.25) is 5.91 Å². The third-order valence-corrected chi connectivity index (χ3v) is 3.01. The number of imidazole rings is 1. The van der Waals surface area contributed by atoms with Gasteiger partial charge in [-0.3, -0.25) is 4.79 Å². The maximum Gasteiger partial charge on any atom is 0.226 e. The second-order valence-electron chi connectivity index (χ2n) is 4.24. The van der Waals surface area contributed by atoms with E-state index in [1.807, 2.05) is 11.5 Å². The lowest BCUT2D eigenvalue weighted by atomic mass is 10.2. The SMILES string of the molecule is C[C@H](CC(=O)Nc1ccc(F)c(Cl)c1)n1ccnc1. The molecule has 0 unspecified atom stereocenters. The highest BCUT2D eigenvalue weighted by atomic mass is 35.5. The first-order valence-electron chi connectivity index (χ1n) is 5.78. The summed E-state index contributed by atoms with van der Waals surface area (Å²) >= 11 is 5.65. The Hall–Kier alpha value is -1.88. The minimum Gasteiger partial charge on any atom is -0.334 e.